The Morgan fingerprint density at radius 2 is 1.38 bits per heavy atom. The third kappa shape index (κ3) is 10.1. The molecule has 0 amide bonds. The van der Waals surface area contributed by atoms with Crippen LogP contribution in [0.15, 0.2) is 17.5 Å². The minimum atomic E-state index is 0.937. The van der Waals surface area contributed by atoms with Crippen molar-refractivity contribution >= 4 is 11.3 Å². The average Bonchev–Trinajstić information content (AvgIpc) is 2.99. The number of hydrogen-bond acceptors (Lipinski definition) is 1. The van der Waals surface area contributed by atoms with Crippen molar-refractivity contribution in [1.29, 1.82) is 0 Å². The molecule has 1 aromatic heterocycles. The third-order valence-electron chi connectivity index (χ3n) is 4.50. The van der Waals surface area contributed by atoms with Gasteiger partial charge in [-0.25, -0.2) is 0 Å². The fourth-order valence-corrected chi connectivity index (χ4v) is 3.96. The Bertz CT molecular complexity index is 302. The molecule has 0 aliphatic carbocycles. The highest BCUT2D eigenvalue weighted by atomic mass is 32.1. The summed E-state index contributed by atoms with van der Waals surface area (Å²) in [7, 11) is 0. The van der Waals surface area contributed by atoms with E-state index >= 15 is 0 Å². The van der Waals surface area contributed by atoms with Crippen LogP contribution in [0.1, 0.15) is 95.8 Å². The third-order valence-corrected chi connectivity index (χ3v) is 5.40. The zero-order valence-corrected chi connectivity index (χ0v) is 15.2. The van der Waals surface area contributed by atoms with Crippen LogP contribution in [0.5, 0.6) is 0 Å². The lowest BCUT2D eigenvalue weighted by molar-refractivity contribution is 0.404. The first-order valence-corrected chi connectivity index (χ1v) is 10.3. The van der Waals surface area contributed by atoms with Gasteiger partial charge in [-0.2, -0.15) is 0 Å². The number of rotatable bonds is 14. The molecule has 21 heavy (non-hydrogen) atoms. The molecule has 0 saturated carbocycles. The van der Waals surface area contributed by atoms with Crippen LogP contribution in [-0.2, 0) is 6.42 Å². The van der Waals surface area contributed by atoms with Crippen molar-refractivity contribution in [3.63, 3.8) is 0 Å². The molecule has 0 aliphatic heterocycles. The minimum absolute atomic E-state index is 0.937. The summed E-state index contributed by atoms with van der Waals surface area (Å²) in [6.07, 6.45) is 18.5. The summed E-state index contributed by atoms with van der Waals surface area (Å²) in [6, 6.07) is 4.53. The van der Waals surface area contributed by atoms with E-state index in [0.29, 0.717) is 0 Å². The molecule has 0 fully saturated rings. The van der Waals surface area contributed by atoms with E-state index in [1.807, 2.05) is 11.3 Å². The van der Waals surface area contributed by atoms with Crippen LogP contribution in [0.4, 0.5) is 0 Å². The minimum Gasteiger partial charge on any atom is -0.149 e. The fraction of sp³-hybridized carbons (Fsp3) is 0.800. The number of unbranched alkanes of at least 4 members (excludes halogenated alkanes) is 8. The van der Waals surface area contributed by atoms with Crippen LogP contribution in [0.25, 0.3) is 0 Å². The van der Waals surface area contributed by atoms with Crippen LogP contribution in [-0.4, -0.2) is 0 Å². The lowest BCUT2D eigenvalue weighted by Crippen LogP contribution is -2.04. The molecule has 0 spiro atoms. The van der Waals surface area contributed by atoms with Crippen LogP contribution < -0.4 is 0 Å². The van der Waals surface area contributed by atoms with Gasteiger partial charge in [-0.05, 0) is 23.8 Å². The second kappa shape index (κ2) is 13.4. The molecule has 0 radical (unpaired) electrons. The topological polar surface area (TPSA) is 0 Å². The van der Waals surface area contributed by atoms with Crippen LogP contribution >= 0.6 is 11.3 Å². The smallest absolute Gasteiger partial charge is 0.00479 e. The van der Waals surface area contributed by atoms with E-state index in [4.69, 9.17) is 0 Å². The van der Waals surface area contributed by atoms with Gasteiger partial charge in [-0.3, -0.25) is 0 Å². The van der Waals surface area contributed by atoms with Crippen molar-refractivity contribution in [2.24, 2.45) is 5.92 Å². The van der Waals surface area contributed by atoms with Crippen LogP contribution in [0.2, 0.25) is 0 Å². The highest BCUT2D eigenvalue weighted by Gasteiger charge is 2.10. The van der Waals surface area contributed by atoms with E-state index in [1.54, 1.807) is 4.88 Å². The van der Waals surface area contributed by atoms with Gasteiger partial charge >= 0.3 is 0 Å². The second-order valence-corrected chi connectivity index (χ2v) is 7.59. The molecule has 1 aromatic rings. The standard InChI is InChI=1S/C20H36S/c1-3-5-7-9-10-12-15-19(14-11-8-6-4-2)18-20-16-13-17-21-20/h13,16-17,19H,3-12,14-15,18H2,1-2H3/t19-/m0/s1. The summed E-state index contributed by atoms with van der Waals surface area (Å²) in [5, 5.41) is 2.23. The van der Waals surface area contributed by atoms with Crippen molar-refractivity contribution in [2.75, 3.05) is 0 Å². The summed E-state index contributed by atoms with van der Waals surface area (Å²) in [5.74, 6) is 0.937. The Hall–Kier alpha value is -0.300. The molecule has 0 bridgehead atoms. The Labute approximate surface area is 137 Å². The zero-order valence-electron chi connectivity index (χ0n) is 14.4. The summed E-state index contributed by atoms with van der Waals surface area (Å²) < 4.78 is 0. The van der Waals surface area contributed by atoms with Gasteiger partial charge < -0.3 is 0 Å². The van der Waals surface area contributed by atoms with Crippen molar-refractivity contribution in [2.45, 2.75) is 97.3 Å². The summed E-state index contributed by atoms with van der Waals surface area (Å²) in [6.45, 7) is 4.60. The molecule has 1 rings (SSSR count). The predicted octanol–water partition coefficient (Wildman–Crippen LogP) is 7.63. The Balaban J connectivity index is 2.19. The highest BCUT2D eigenvalue weighted by molar-refractivity contribution is 7.09. The molecule has 1 heteroatoms. The first-order chi connectivity index (χ1) is 10.4. The fourth-order valence-electron chi connectivity index (χ4n) is 3.13. The maximum absolute atomic E-state index is 2.32. The van der Waals surface area contributed by atoms with Crippen molar-refractivity contribution in [3.8, 4) is 0 Å². The zero-order chi connectivity index (χ0) is 15.2. The van der Waals surface area contributed by atoms with E-state index in [9.17, 15) is 0 Å². The molecule has 1 atom stereocenters. The lowest BCUT2D eigenvalue weighted by atomic mass is 9.91. The Morgan fingerprint density at radius 1 is 0.810 bits per heavy atom. The molecular formula is C20H36S. The first kappa shape index (κ1) is 18.7. The van der Waals surface area contributed by atoms with Gasteiger partial charge in [0.15, 0.2) is 0 Å². The van der Waals surface area contributed by atoms with Gasteiger partial charge in [-0.1, -0.05) is 97.0 Å². The molecule has 0 aromatic carbocycles. The normalized spacial score (nSPS) is 12.7. The largest absolute Gasteiger partial charge is 0.149 e. The van der Waals surface area contributed by atoms with Crippen LogP contribution in [0, 0.1) is 5.92 Å². The van der Waals surface area contributed by atoms with Gasteiger partial charge in [0.05, 0.1) is 0 Å². The van der Waals surface area contributed by atoms with E-state index in [0.717, 1.165) is 5.92 Å². The number of thiophene rings is 1. The highest BCUT2D eigenvalue weighted by Crippen LogP contribution is 2.24. The lowest BCUT2D eigenvalue weighted by Gasteiger charge is -2.16. The first-order valence-electron chi connectivity index (χ1n) is 9.39. The predicted molar refractivity (Wildman–Crippen MR) is 98.3 cm³/mol. The van der Waals surface area contributed by atoms with Crippen molar-refractivity contribution in [3.05, 3.63) is 22.4 Å². The molecule has 1 heterocycles. The van der Waals surface area contributed by atoms with Gasteiger partial charge in [0.2, 0.25) is 0 Å². The maximum Gasteiger partial charge on any atom is 0.00479 e. The van der Waals surface area contributed by atoms with Gasteiger partial charge in [-0.15, -0.1) is 11.3 Å². The molecule has 0 saturated heterocycles. The summed E-state index contributed by atoms with van der Waals surface area (Å²) in [4.78, 5) is 1.60. The van der Waals surface area contributed by atoms with Crippen molar-refractivity contribution < 1.29 is 0 Å². The molecule has 122 valence electrons. The molecule has 0 unspecified atom stereocenters. The average molecular weight is 309 g/mol. The van der Waals surface area contributed by atoms with E-state index < -0.39 is 0 Å². The van der Waals surface area contributed by atoms with Gasteiger partial charge in [0, 0.05) is 4.88 Å². The Morgan fingerprint density at radius 3 is 1.95 bits per heavy atom. The second-order valence-electron chi connectivity index (χ2n) is 6.56. The molecule has 0 aliphatic rings. The van der Waals surface area contributed by atoms with E-state index in [2.05, 4.69) is 31.4 Å². The quantitative estimate of drug-likeness (QED) is 0.310. The van der Waals surface area contributed by atoms with Crippen molar-refractivity contribution in [1.82, 2.24) is 0 Å². The molecule has 0 nitrogen and oxygen atoms in total. The van der Waals surface area contributed by atoms with E-state index in [1.165, 1.54) is 83.5 Å². The summed E-state index contributed by atoms with van der Waals surface area (Å²) >= 11 is 1.95. The van der Waals surface area contributed by atoms with Gasteiger partial charge in [0.1, 0.15) is 0 Å². The van der Waals surface area contributed by atoms with Gasteiger partial charge in [0.25, 0.3) is 0 Å². The Kier molecular flexibility index (Phi) is 11.9. The monoisotopic (exact) mass is 308 g/mol. The SMILES string of the molecule is CCCCCCCC[C@H](CCCCCC)Cc1cccs1. The maximum atomic E-state index is 2.32. The van der Waals surface area contributed by atoms with Crippen LogP contribution in [0.3, 0.4) is 0 Å². The molecule has 0 N–H and O–H groups in total. The molecular weight excluding hydrogens is 272 g/mol. The number of hydrogen-bond donors (Lipinski definition) is 0. The summed E-state index contributed by atoms with van der Waals surface area (Å²) in [5.41, 5.74) is 0. The van der Waals surface area contributed by atoms with E-state index in [-0.39, 0.29) is 0 Å².